The topological polar surface area (TPSA) is 46.9 Å². The van der Waals surface area contributed by atoms with Crippen molar-refractivity contribution in [2.45, 2.75) is 12.8 Å². The molecule has 0 atom stereocenters. The lowest BCUT2D eigenvalue weighted by Crippen LogP contribution is -2.12. The van der Waals surface area contributed by atoms with Crippen molar-refractivity contribution in [1.29, 1.82) is 0 Å². The standard InChI is InChI=1S/C28H21ClFN3O/c29-23-18-20(13-16-24(23)30)28(34)31-21-14-10-19(11-15-21)12-17-27-32-25-8-4-5-9-26(25)33(27)22-6-2-1-3-7-22/h1-11,13-16,18H,12,17H2,(H,31,34). The van der Waals surface area contributed by atoms with Crippen LogP contribution in [-0.4, -0.2) is 15.5 Å². The monoisotopic (exact) mass is 469 g/mol. The molecule has 1 aromatic heterocycles. The third kappa shape index (κ3) is 4.56. The molecule has 4 nitrogen and oxygen atoms in total. The first-order chi connectivity index (χ1) is 16.6. The van der Waals surface area contributed by atoms with E-state index in [-0.39, 0.29) is 10.9 Å². The van der Waals surface area contributed by atoms with Crippen LogP contribution in [0, 0.1) is 5.82 Å². The molecule has 0 fully saturated rings. The molecular weight excluding hydrogens is 449 g/mol. The third-order valence-corrected chi connectivity index (χ3v) is 5.97. The number of imidazole rings is 1. The van der Waals surface area contributed by atoms with E-state index in [0.29, 0.717) is 11.3 Å². The number of anilines is 1. The molecule has 0 aliphatic heterocycles. The minimum atomic E-state index is -0.552. The van der Waals surface area contributed by atoms with Crippen LogP contribution in [0.1, 0.15) is 21.7 Å². The van der Waals surface area contributed by atoms with E-state index in [0.717, 1.165) is 41.0 Å². The molecule has 0 aliphatic carbocycles. The van der Waals surface area contributed by atoms with Crippen molar-refractivity contribution in [2.24, 2.45) is 0 Å². The van der Waals surface area contributed by atoms with Gasteiger partial charge in [-0.15, -0.1) is 0 Å². The van der Waals surface area contributed by atoms with Gasteiger partial charge in [-0.2, -0.15) is 0 Å². The zero-order valence-corrected chi connectivity index (χ0v) is 19.0. The van der Waals surface area contributed by atoms with E-state index in [1.807, 2.05) is 60.7 Å². The van der Waals surface area contributed by atoms with E-state index in [2.05, 4.69) is 28.1 Å². The van der Waals surface area contributed by atoms with Gasteiger partial charge in [-0.3, -0.25) is 9.36 Å². The van der Waals surface area contributed by atoms with Crippen molar-refractivity contribution in [3.8, 4) is 5.69 Å². The fourth-order valence-corrected chi connectivity index (χ4v) is 4.14. The van der Waals surface area contributed by atoms with Gasteiger partial charge in [-0.25, -0.2) is 9.37 Å². The van der Waals surface area contributed by atoms with Gasteiger partial charge in [0.1, 0.15) is 11.6 Å². The Bertz CT molecular complexity index is 1460. The molecule has 4 aromatic carbocycles. The second-order valence-electron chi connectivity index (χ2n) is 7.97. The molecule has 6 heteroatoms. The lowest BCUT2D eigenvalue weighted by Gasteiger charge is -2.10. The van der Waals surface area contributed by atoms with Crippen LogP contribution in [0.25, 0.3) is 16.7 Å². The van der Waals surface area contributed by atoms with Crippen LogP contribution >= 0.6 is 11.6 Å². The maximum atomic E-state index is 13.3. The minimum absolute atomic E-state index is 0.0791. The molecule has 0 unspecified atom stereocenters. The number of carbonyl (C=O) groups excluding carboxylic acids is 1. The molecule has 0 saturated carbocycles. The predicted octanol–water partition coefficient (Wildman–Crippen LogP) is 6.86. The van der Waals surface area contributed by atoms with Gasteiger partial charge < -0.3 is 5.32 Å². The quantitative estimate of drug-likeness (QED) is 0.295. The predicted molar refractivity (Wildman–Crippen MR) is 134 cm³/mol. The molecule has 168 valence electrons. The Morgan fingerprint density at radius 1 is 0.882 bits per heavy atom. The van der Waals surface area contributed by atoms with Gasteiger partial charge in [-0.05, 0) is 66.6 Å². The zero-order valence-electron chi connectivity index (χ0n) is 18.2. The number of para-hydroxylation sites is 3. The number of carbonyl (C=O) groups is 1. The molecule has 0 saturated heterocycles. The number of aryl methyl sites for hydroxylation is 2. The van der Waals surface area contributed by atoms with Gasteiger partial charge in [0.2, 0.25) is 0 Å². The first-order valence-corrected chi connectivity index (χ1v) is 11.3. The van der Waals surface area contributed by atoms with Gasteiger partial charge in [0, 0.05) is 23.4 Å². The summed E-state index contributed by atoms with van der Waals surface area (Å²) in [5, 5.41) is 2.74. The Kier molecular flexibility index (Phi) is 6.11. The van der Waals surface area contributed by atoms with E-state index in [1.165, 1.54) is 18.2 Å². The molecule has 1 amide bonds. The number of benzene rings is 4. The SMILES string of the molecule is O=C(Nc1ccc(CCc2nc3ccccc3n2-c2ccccc2)cc1)c1ccc(F)c(Cl)c1. The van der Waals surface area contributed by atoms with E-state index in [9.17, 15) is 9.18 Å². The highest BCUT2D eigenvalue weighted by atomic mass is 35.5. The molecule has 0 radical (unpaired) electrons. The smallest absolute Gasteiger partial charge is 0.255 e. The average Bonchev–Trinajstić information content (AvgIpc) is 3.24. The van der Waals surface area contributed by atoms with Crippen LogP contribution in [0.5, 0.6) is 0 Å². The lowest BCUT2D eigenvalue weighted by molar-refractivity contribution is 0.102. The second kappa shape index (κ2) is 9.49. The summed E-state index contributed by atoms with van der Waals surface area (Å²) in [7, 11) is 0. The highest BCUT2D eigenvalue weighted by molar-refractivity contribution is 6.31. The molecule has 34 heavy (non-hydrogen) atoms. The maximum absolute atomic E-state index is 13.3. The largest absolute Gasteiger partial charge is 0.322 e. The van der Waals surface area contributed by atoms with Gasteiger partial charge >= 0.3 is 0 Å². The first kappa shape index (κ1) is 21.9. The zero-order chi connectivity index (χ0) is 23.5. The normalized spacial score (nSPS) is 11.0. The molecular formula is C28H21ClFN3O. The van der Waals surface area contributed by atoms with E-state index < -0.39 is 5.82 Å². The molecule has 1 N–H and O–H groups in total. The summed E-state index contributed by atoms with van der Waals surface area (Å²) in [4.78, 5) is 17.3. The van der Waals surface area contributed by atoms with Crippen LogP contribution in [0.4, 0.5) is 10.1 Å². The molecule has 5 rings (SSSR count). The number of fused-ring (bicyclic) bond motifs is 1. The summed E-state index contributed by atoms with van der Waals surface area (Å²) < 4.78 is 15.5. The van der Waals surface area contributed by atoms with Crippen molar-refractivity contribution >= 4 is 34.2 Å². The highest BCUT2D eigenvalue weighted by Crippen LogP contribution is 2.23. The molecule has 0 aliphatic rings. The number of amides is 1. The van der Waals surface area contributed by atoms with Crippen LogP contribution in [0.15, 0.2) is 97.1 Å². The van der Waals surface area contributed by atoms with Crippen molar-refractivity contribution in [3.63, 3.8) is 0 Å². The average molecular weight is 470 g/mol. The maximum Gasteiger partial charge on any atom is 0.255 e. The van der Waals surface area contributed by atoms with E-state index >= 15 is 0 Å². The summed E-state index contributed by atoms with van der Waals surface area (Å²) >= 11 is 5.78. The minimum Gasteiger partial charge on any atom is -0.322 e. The summed E-state index contributed by atoms with van der Waals surface area (Å²) in [6, 6.07) is 30.0. The van der Waals surface area contributed by atoms with Crippen LogP contribution in [-0.2, 0) is 12.8 Å². The Balaban J connectivity index is 1.31. The Hall–Kier alpha value is -3.96. The highest BCUT2D eigenvalue weighted by Gasteiger charge is 2.13. The number of aromatic nitrogens is 2. The van der Waals surface area contributed by atoms with Crippen molar-refractivity contribution in [2.75, 3.05) is 5.32 Å². The van der Waals surface area contributed by atoms with Gasteiger partial charge in [0.05, 0.1) is 16.1 Å². The van der Waals surface area contributed by atoms with Crippen molar-refractivity contribution < 1.29 is 9.18 Å². The van der Waals surface area contributed by atoms with Crippen molar-refractivity contribution in [1.82, 2.24) is 9.55 Å². The fraction of sp³-hybridized carbons (Fsp3) is 0.0714. The molecule has 1 heterocycles. The second-order valence-corrected chi connectivity index (χ2v) is 8.37. The number of nitrogens with zero attached hydrogens (tertiary/aromatic N) is 2. The molecule has 0 spiro atoms. The lowest BCUT2D eigenvalue weighted by atomic mass is 10.1. The summed E-state index contributed by atoms with van der Waals surface area (Å²) in [6.07, 6.45) is 1.57. The number of hydrogen-bond donors (Lipinski definition) is 1. The van der Waals surface area contributed by atoms with Gasteiger partial charge in [-0.1, -0.05) is 54.1 Å². The third-order valence-electron chi connectivity index (χ3n) is 5.68. The first-order valence-electron chi connectivity index (χ1n) is 11.0. The Morgan fingerprint density at radius 2 is 1.62 bits per heavy atom. The Labute approximate surface area is 201 Å². The number of nitrogens with one attached hydrogen (secondary N) is 1. The summed E-state index contributed by atoms with van der Waals surface area (Å²) in [5.74, 6) is 0.104. The van der Waals surface area contributed by atoms with Crippen LogP contribution < -0.4 is 5.32 Å². The van der Waals surface area contributed by atoms with E-state index in [1.54, 1.807) is 0 Å². The van der Waals surface area contributed by atoms with Crippen LogP contribution in [0.3, 0.4) is 0 Å². The molecule has 0 bridgehead atoms. The summed E-state index contributed by atoms with van der Waals surface area (Å²) in [5.41, 5.74) is 5.24. The summed E-state index contributed by atoms with van der Waals surface area (Å²) in [6.45, 7) is 0. The van der Waals surface area contributed by atoms with Crippen molar-refractivity contribution in [3.05, 3.63) is 125 Å². The Morgan fingerprint density at radius 3 is 2.38 bits per heavy atom. The van der Waals surface area contributed by atoms with Gasteiger partial charge in [0.15, 0.2) is 0 Å². The number of hydrogen-bond acceptors (Lipinski definition) is 2. The number of halogens is 2. The fourth-order valence-electron chi connectivity index (χ4n) is 3.96. The van der Waals surface area contributed by atoms with Crippen LogP contribution in [0.2, 0.25) is 5.02 Å². The molecule has 5 aromatic rings. The van der Waals surface area contributed by atoms with Gasteiger partial charge in [0.25, 0.3) is 5.91 Å². The van der Waals surface area contributed by atoms with E-state index in [4.69, 9.17) is 16.6 Å². The number of rotatable bonds is 6.